The van der Waals surface area contributed by atoms with Gasteiger partial charge < -0.3 is 4.74 Å². The van der Waals surface area contributed by atoms with Crippen LogP contribution in [-0.2, 0) is 4.74 Å². The van der Waals surface area contributed by atoms with Crippen molar-refractivity contribution < 1.29 is 4.74 Å². The summed E-state index contributed by atoms with van der Waals surface area (Å²) in [7, 11) is 1.97. The molecule has 1 unspecified atom stereocenters. The second kappa shape index (κ2) is 4.32. The molecule has 0 amide bonds. The zero-order valence-corrected chi connectivity index (χ0v) is 6.92. The number of nitrogens with zero attached hydrogens (tertiary/aromatic N) is 2. The predicted octanol–water partition coefficient (Wildman–Crippen LogP) is 0.621. The summed E-state index contributed by atoms with van der Waals surface area (Å²) in [6, 6.07) is 2.60. The number of likely N-dealkylation sites (N-methyl/N-ethyl adjacent to an activating group) is 1. The van der Waals surface area contributed by atoms with Gasteiger partial charge >= 0.3 is 0 Å². The molecule has 0 aliphatic carbocycles. The van der Waals surface area contributed by atoms with Crippen molar-refractivity contribution in [3.05, 3.63) is 0 Å². The lowest BCUT2D eigenvalue weighted by Gasteiger charge is -2.29. The first-order valence-electron chi connectivity index (χ1n) is 3.99. The molecule has 1 aliphatic heterocycles. The fraction of sp³-hybridized carbons (Fsp3) is 0.875. The van der Waals surface area contributed by atoms with E-state index in [1.165, 1.54) is 0 Å². The summed E-state index contributed by atoms with van der Waals surface area (Å²) in [6.07, 6.45) is 2.29. The summed E-state index contributed by atoms with van der Waals surface area (Å²) in [6.45, 7) is 2.18. The highest BCUT2D eigenvalue weighted by molar-refractivity contribution is 4.80. The number of nitriles is 1. The molecule has 0 aromatic carbocycles. The molecule has 0 aromatic heterocycles. The fourth-order valence-corrected chi connectivity index (χ4v) is 1.31. The molecule has 0 aromatic rings. The van der Waals surface area contributed by atoms with Crippen LogP contribution in [0.3, 0.4) is 0 Å². The van der Waals surface area contributed by atoms with Crippen LogP contribution in [0.15, 0.2) is 0 Å². The van der Waals surface area contributed by atoms with Crippen LogP contribution in [0.5, 0.6) is 0 Å². The molecule has 0 bridgehead atoms. The Balaban J connectivity index is 2.27. The van der Waals surface area contributed by atoms with Crippen LogP contribution in [0.4, 0.5) is 0 Å². The van der Waals surface area contributed by atoms with Gasteiger partial charge in [0.25, 0.3) is 0 Å². The SMILES string of the molecule is CN(CC#N)C1CCCOC1. The maximum atomic E-state index is 8.43. The van der Waals surface area contributed by atoms with Crippen LogP contribution < -0.4 is 0 Å². The minimum atomic E-state index is 0.461. The van der Waals surface area contributed by atoms with E-state index in [2.05, 4.69) is 11.0 Å². The molecule has 1 saturated heterocycles. The van der Waals surface area contributed by atoms with E-state index in [4.69, 9.17) is 10.00 Å². The number of ether oxygens (including phenoxy) is 1. The van der Waals surface area contributed by atoms with E-state index in [9.17, 15) is 0 Å². The van der Waals surface area contributed by atoms with Gasteiger partial charge in [0.05, 0.1) is 19.2 Å². The Labute approximate surface area is 67.6 Å². The van der Waals surface area contributed by atoms with Crippen LogP contribution in [0.1, 0.15) is 12.8 Å². The minimum absolute atomic E-state index is 0.461. The van der Waals surface area contributed by atoms with Crippen LogP contribution >= 0.6 is 0 Å². The quantitative estimate of drug-likeness (QED) is 0.547. The van der Waals surface area contributed by atoms with Gasteiger partial charge in [-0.2, -0.15) is 5.26 Å². The summed E-state index contributed by atoms with van der Waals surface area (Å²) >= 11 is 0. The fourth-order valence-electron chi connectivity index (χ4n) is 1.31. The molecular formula is C8H14N2O. The smallest absolute Gasteiger partial charge is 0.0866 e. The van der Waals surface area contributed by atoms with E-state index < -0.39 is 0 Å². The van der Waals surface area contributed by atoms with Gasteiger partial charge in [-0.25, -0.2) is 0 Å². The lowest BCUT2D eigenvalue weighted by atomic mass is 10.1. The normalized spacial score (nSPS) is 25.0. The molecule has 1 rings (SSSR count). The summed E-state index contributed by atoms with van der Waals surface area (Å²) < 4.78 is 5.30. The first-order valence-corrected chi connectivity index (χ1v) is 3.99. The maximum Gasteiger partial charge on any atom is 0.0866 e. The van der Waals surface area contributed by atoms with Crippen molar-refractivity contribution in [1.29, 1.82) is 5.26 Å². The average molecular weight is 154 g/mol. The number of hydrogen-bond donors (Lipinski definition) is 0. The third-order valence-electron chi connectivity index (χ3n) is 2.08. The summed E-state index contributed by atoms with van der Waals surface area (Å²) in [5, 5.41) is 8.43. The zero-order valence-electron chi connectivity index (χ0n) is 6.92. The minimum Gasteiger partial charge on any atom is -0.380 e. The van der Waals surface area contributed by atoms with Crippen molar-refractivity contribution in [3.63, 3.8) is 0 Å². The molecule has 11 heavy (non-hydrogen) atoms. The molecule has 0 radical (unpaired) electrons. The van der Waals surface area contributed by atoms with Gasteiger partial charge in [0.15, 0.2) is 0 Å². The monoisotopic (exact) mass is 154 g/mol. The number of hydrogen-bond acceptors (Lipinski definition) is 3. The van der Waals surface area contributed by atoms with Crippen molar-refractivity contribution in [2.45, 2.75) is 18.9 Å². The molecular weight excluding hydrogens is 140 g/mol. The Morgan fingerprint density at radius 3 is 3.09 bits per heavy atom. The van der Waals surface area contributed by atoms with E-state index >= 15 is 0 Å². The zero-order chi connectivity index (χ0) is 8.10. The molecule has 3 nitrogen and oxygen atoms in total. The second-order valence-corrected chi connectivity index (χ2v) is 2.94. The Morgan fingerprint density at radius 2 is 2.55 bits per heavy atom. The van der Waals surface area contributed by atoms with Crippen LogP contribution in [0.2, 0.25) is 0 Å². The van der Waals surface area contributed by atoms with Gasteiger partial charge in [0.1, 0.15) is 0 Å². The molecule has 1 fully saturated rings. The van der Waals surface area contributed by atoms with Crippen LogP contribution in [-0.4, -0.2) is 37.7 Å². The molecule has 1 atom stereocenters. The molecule has 1 heterocycles. The first-order chi connectivity index (χ1) is 5.34. The third kappa shape index (κ3) is 2.49. The Morgan fingerprint density at radius 1 is 1.73 bits per heavy atom. The molecule has 62 valence electrons. The maximum absolute atomic E-state index is 8.43. The Kier molecular flexibility index (Phi) is 3.34. The van der Waals surface area contributed by atoms with Gasteiger partial charge in [0, 0.05) is 12.6 Å². The van der Waals surface area contributed by atoms with Gasteiger partial charge in [-0.05, 0) is 19.9 Å². The topological polar surface area (TPSA) is 36.3 Å². The highest BCUT2D eigenvalue weighted by Crippen LogP contribution is 2.10. The second-order valence-electron chi connectivity index (χ2n) is 2.94. The van der Waals surface area contributed by atoms with Gasteiger partial charge in [-0.15, -0.1) is 0 Å². The largest absolute Gasteiger partial charge is 0.380 e. The van der Waals surface area contributed by atoms with Crippen molar-refractivity contribution in [2.75, 3.05) is 26.8 Å². The Bertz CT molecular complexity index is 147. The van der Waals surface area contributed by atoms with E-state index in [0.717, 1.165) is 26.1 Å². The van der Waals surface area contributed by atoms with Gasteiger partial charge in [-0.3, -0.25) is 4.90 Å². The highest BCUT2D eigenvalue weighted by atomic mass is 16.5. The van der Waals surface area contributed by atoms with Crippen molar-refractivity contribution in [2.24, 2.45) is 0 Å². The van der Waals surface area contributed by atoms with E-state index in [0.29, 0.717) is 12.6 Å². The van der Waals surface area contributed by atoms with Crippen LogP contribution in [0.25, 0.3) is 0 Å². The highest BCUT2D eigenvalue weighted by Gasteiger charge is 2.17. The lowest BCUT2D eigenvalue weighted by molar-refractivity contribution is 0.0320. The molecule has 3 heteroatoms. The first kappa shape index (κ1) is 8.51. The van der Waals surface area contributed by atoms with Gasteiger partial charge in [-0.1, -0.05) is 0 Å². The van der Waals surface area contributed by atoms with E-state index in [-0.39, 0.29) is 0 Å². The lowest BCUT2D eigenvalue weighted by Crippen LogP contribution is -2.38. The van der Waals surface area contributed by atoms with Gasteiger partial charge in [0.2, 0.25) is 0 Å². The summed E-state index contributed by atoms with van der Waals surface area (Å²) in [5.74, 6) is 0. The van der Waals surface area contributed by atoms with Crippen molar-refractivity contribution >= 4 is 0 Å². The molecule has 1 aliphatic rings. The average Bonchev–Trinajstić information content (AvgIpc) is 2.07. The van der Waals surface area contributed by atoms with Crippen molar-refractivity contribution in [3.8, 4) is 6.07 Å². The summed E-state index contributed by atoms with van der Waals surface area (Å²) in [4.78, 5) is 2.05. The predicted molar refractivity (Wildman–Crippen MR) is 42.1 cm³/mol. The van der Waals surface area contributed by atoms with Crippen LogP contribution in [0, 0.1) is 11.3 Å². The number of rotatable bonds is 2. The molecule has 0 saturated carbocycles. The Hall–Kier alpha value is -0.590. The standard InChI is InChI=1S/C8H14N2O/c1-10(5-4-9)8-3-2-6-11-7-8/h8H,2-3,5-7H2,1H3. The molecule has 0 spiro atoms. The molecule has 0 N–H and O–H groups in total. The van der Waals surface area contributed by atoms with E-state index in [1.807, 2.05) is 7.05 Å². The van der Waals surface area contributed by atoms with Crippen molar-refractivity contribution in [1.82, 2.24) is 4.90 Å². The third-order valence-corrected chi connectivity index (χ3v) is 2.08. The summed E-state index contributed by atoms with van der Waals surface area (Å²) in [5.41, 5.74) is 0. The van der Waals surface area contributed by atoms with E-state index in [1.54, 1.807) is 0 Å².